The third-order valence-corrected chi connectivity index (χ3v) is 6.60. The predicted octanol–water partition coefficient (Wildman–Crippen LogP) is 8.43. The van der Waals surface area contributed by atoms with E-state index in [0.717, 1.165) is 61.1 Å². The van der Waals surface area contributed by atoms with Gasteiger partial charge in [-0.2, -0.15) is 5.26 Å². The van der Waals surface area contributed by atoms with Crippen molar-refractivity contribution in [1.29, 1.82) is 5.26 Å². The van der Waals surface area contributed by atoms with Crippen molar-refractivity contribution in [2.75, 3.05) is 11.1 Å². The van der Waals surface area contributed by atoms with E-state index in [0.29, 0.717) is 11.3 Å². The number of rotatable bonds is 4. The second-order valence-corrected chi connectivity index (χ2v) is 8.93. The summed E-state index contributed by atoms with van der Waals surface area (Å²) in [4.78, 5) is 0. The monoisotopic (exact) mass is 465 g/mol. The van der Waals surface area contributed by atoms with Crippen molar-refractivity contribution < 1.29 is 4.42 Å². The molecule has 0 spiro atoms. The summed E-state index contributed by atoms with van der Waals surface area (Å²) in [6.07, 6.45) is 0. The molecule has 6 aromatic rings. The van der Waals surface area contributed by atoms with Crippen LogP contribution in [0.2, 0.25) is 0 Å². The lowest BCUT2D eigenvalue weighted by molar-refractivity contribution is 0.632. The molecule has 3 N–H and O–H groups in total. The van der Waals surface area contributed by atoms with Crippen LogP contribution in [0, 0.1) is 18.3 Å². The average molecular weight is 466 g/mol. The third-order valence-electron chi connectivity index (χ3n) is 6.60. The highest BCUT2D eigenvalue weighted by atomic mass is 16.3. The molecule has 0 aliphatic heterocycles. The largest absolute Gasteiger partial charge is 0.454 e. The summed E-state index contributed by atoms with van der Waals surface area (Å²) in [6.45, 7) is 2.08. The average Bonchev–Trinajstić information content (AvgIpc) is 3.26. The number of anilines is 3. The van der Waals surface area contributed by atoms with Crippen molar-refractivity contribution in [3.05, 3.63) is 114 Å². The molecule has 0 bridgehead atoms. The zero-order valence-electron chi connectivity index (χ0n) is 19.7. The van der Waals surface area contributed by atoms with Gasteiger partial charge in [0.05, 0.1) is 28.7 Å². The molecule has 0 aliphatic carbocycles. The molecular weight excluding hydrogens is 442 g/mol. The maximum Gasteiger partial charge on any atom is 0.159 e. The first kappa shape index (κ1) is 21.5. The Morgan fingerprint density at radius 1 is 0.778 bits per heavy atom. The van der Waals surface area contributed by atoms with Crippen LogP contribution in [0.25, 0.3) is 44.2 Å². The van der Waals surface area contributed by atoms with Crippen LogP contribution >= 0.6 is 0 Å². The summed E-state index contributed by atoms with van der Waals surface area (Å²) in [6, 6.07) is 36.5. The summed E-state index contributed by atoms with van der Waals surface area (Å²) >= 11 is 0. The molecule has 0 radical (unpaired) electrons. The van der Waals surface area contributed by atoms with Gasteiger partial charge in [-0.15, -0.1) is 0 Å². The van der Waals surface area contributed by atoms with Crippen LogP contribution in [0.4, 0.5) is 17.1 Å². The van der Waals surface area contributed by atoms with E-state index in [2.05, 4.69) is 60.8 Å². The number of nitrogens with two attached hydrogens (primary N) is 1. The van der Waals surface area contributed by atoms with Gasteiger partial charge in [0.2, 0.25) is 0 Å². The molecule has 5 aromatic carbocycles. The minimum absolute atomic E-state index is 0.662. The van der Waals surface area contributed by atoms with Gasteiger partial charge < -0.3 is 15.5 Å². The fourth-order valence-corrected chi connectivity index (χ4v) is 4.66. The Hall–Kier alpha value is -5.01. The zero-order valence-corrected chi connectivity index (χ0v) is 19.7. The summed E-state index contributed by atoms with van der Waals surface area (Å²) in [5.41, 5.74) is 14.5. The van der Waals surface area contributed by atoms with E-state index in [9.17, 15) is 5.26 Å². The van der Waals surface area contributed by atoms with Crippen LogP contribution in [0.5, 0.6) is 0 Å². The number of nitrogen functional groups attached to an aromatic ring is 1. The van der Waals surface area contributed by atoms with Gasteiger partial charge in [-0.1, -0.05) is 60.7 Å². The van der Waals surface area contributed by atoms with Crippen molar-refractivity contribution in [2.45, 2.75) is 6.92 Å². The molecule has 0 saturated heterocycles. The topological polar surface area (TPSA) is 75.0 Å². The van der Waals surface area contributed by atoms with Crippen molar-refractivity contribution in [1.82, 2.24) is 0 Å². The van der Waals surface area contributed by atoms with Crippen LogP contribution < -0.4 is 11.1 Å². The SMILES string of the molecule is Cc1ccccc1-c1oc2ccc(-c3ccc4cc(C#N)ccc4c3)cc2c1Nc1ccccc1N. The maximum absolute atomic E-state index is 9.21. The first-order valence-corrected chi connectivity index (χ1v) is 11.8. The van der Waals surface area contributed by atoms with Gasteiger partial charge in [-0.05, 0) is 76.9 Å². The predicted molar refractivity (Wildman–Crippen MR) is 148 cm³/mol. The number of nitrogens with one attached hydrogen (secondary N) is 1. The first-order chi connectivity index (χ1) is 17.6. The quantitative estimate of drug-likeness (QED) is 0.256. The molecular formula is C32H23N3O. The van der Waals surface area contributed by atoms with E-state index in [1.165, 1.54) is 0 Å². The van der Waals surface area contributed by atoms with E-state index in [1.54, 1.807) is 0 Å². The van der Waals surface area contributed by atoms with Crippen molar-refractivity contribution >= 4 is 38.8 Å². The summed E-state index contributed by atoms with van der Waals surface area (Å²) in [7, 11) is 0. The lowest BCUT2D eigenvalue weighted by atomic mass is 9.98. The molecule has 0 saturated carbocycles. The van der Waals surface area contributed by atoms with Crippen LogP contribution in [-0.4, -0.2) is 0 Å². The van der Waals surface area contributed by atoms with E-state index in [4.69, 9.17) is 10.2 Å². The molecule has 0 fully saturated rings. The van der Waals surface area contributed by atoms with Gasteiger partial charge in [0.15, 0.2) is 5.76 Å². The molecule has 1 heterocycles. The molecule has 4 nitrogen and oxygen atoms in total. The van der Waals surface area contributed by atoms with Gasteiger partial charge in [0.1, 0.15) is 5.58 Å². The number of nitrogens with zero attached hydrogens (tertiary/aromatic N) is 1. The zero-order chi connectivity index (χ0) is 24.6. The van der Waals surface area contributed by atoms with Gasteiger partial charge in [0, 0.05) is 10.9 Å². The number of hydrogen-bond donors (Lipinski definition) is 2. The molecule has 36 heavy (non-hydrogen) atoms. The minimum atomic E-state index is 0.662. The molecule has 6 rings (SSSR count). The Morgan fingerprint density at radius 2 is 1.50 bits per heavy atom. The lowest BCUT2D eigenvalue weighted by Crippen LogP contribution is -1.97. The van der Waals surface area contributed by atoms with Crippen molar-refractivity contribution in [3.8, 4) is 28.5 Å². The number of hydrogen-bond acceptors (Lipinski definition) is 4. The second-order valence-electron chi connectivity index (χ2n) is 8.93. The molecule has 1 aromatic heterocycles. The molecule has 0 amide bonds. The number of benzene rings is 5. The first-order valence-electron chi connectivity index (χ1n) is 11.8. The molecule has 4 heteroatoms. The Bertz CT molecular complexity index is 1810. The fourth-order valence-electron chi connectivity index (χ4n) is 4.66. The van der Waals surface area contributed by atoms with Crippen molar-refractivity contribution in [2.24, 2.45) is 0 Å². The standard InChI is InChI=1S/C32H23N3O/c1-20-6-2-3-7-26(20)32-31(35-29-9-5-4-8-28(29)34)27-18-25(14-15-30(27)36-32)24-13-12-22-16-21(19-33)10-11-23(22)17-24/h2-18,35H,34H2,1H3. The van der Waals surface area contributed by atoms with Crippen LogP contribution in [-0.2, 0) is 0 Å². The molecule has 172 valence electrons. The van der Waals surface area contributed by atoms with Gasteiger partial charge in [0.25, 0.3) is 0 Å². The van der Waals surface area contributed by atoms with E-state index >= 15 is 0 Å². The van der Waals surface area contributed by atoms with Gasteiger partial charge in [-0.25, -0.2) is 0 Å². The number of nitriles is 1. The number of para-hydroxylation sites is 2. The minimum Gasteiger partial charge on any atom is -0.454 e. The Labute approximate surface area is 209 Å². The highest BCUT2D eigenvalue weighted by Gasteiger charge is 2.19. The van der Waals surface area contributed by atoms with Crippen LogP contribution in [0.3, 0.4) is 0 Å². The van der Waals surface area contributed by atoms with Crippen molar-refractivity contribution in [3.63, 3.8) is 0 Å². The highest BCUT2D eigenvalue weighted by Crippen LogP contribution is 2.43. The smallest absolute Gasteiger partial charge is 0.159 e. The van der Waals surface area contributed by atoms with Gasteiger partial charge in [-0.3, -0.25) is 0 Å². The molecule has 0 unspecified atom stereocenters. The van der Waals surface area contributed by atoms with Crippen LogP contribution in [0.1, 0.15) is 11.1 Å². The van der Waals surface area contributed by atoms with E-state index in [1.807, 2.05) is 60.7 Å². The molecule has 0 atom stereocenters. The Kier molecular flexibility index (Phi) is 5.17. The Morgan fingerprint density at radius 3 is 2.33 bits per heavy atom. The van der Waals surface area contributed by atoms with E-state index in [-0.39, 0.29) is 0 Å². The number of aryl methyl sites for hydroxylation is 1. The summed E-state index contributed by atoms with van der Waals surface area (Å²) in [5.74, 6) is 0.783. The fraction of sp³-hybridized carbons (Fsp3) is 0.0312. The van der Waals surface area contributed by atoms with Crippen LogP contribution in [0.15, 0.2) is 108 Å². The van der Waals surface area contributed by atoms with Gasteiger partial charge >= 0.3 is 0 Å². The number of fused-ring (bicyclic) bond motifs is 2. The normalized spacial score (nSPS) is 11.0. The second kappa shape index (κ2) is 8.65. The number of furan rings is 1. The lowest BCUT2D eigenvalue weighted by Gasteiger charge is -2.11. The maximum atomic E-state index is 9.21. The summed E-state index contributed by atoms with van der Waals surface area (Å²) in [5, 5.41) is 15.9. The third kappa shape index (κ3) is 3.73. The summed E-state index contributed by atoms with van der Waals surface area (Å²) < 4.78 is 6.43. The Balaban J connectivity index is 1.53. The highest BCUT2D eigenvalue weighted by molar-refractivity contribution is 6.03. The van der Waals surface area contributed by atoms with E-state index < -0.39 is 0 Å². The molecule has 0 aliphatic rings.